The van der Waals surface area contributed by atoms with Crippen molar-refractivity contribution in [3.8, 4) is 0 Å². The number of nitrogens with one attached hydrogen (secondary N) is 2. The molecule has 0 radical (unpaired) electrons. The van der Waals surface area contributed by atoms with E-state index in [1.807, 2.05) is 0 Å². The van der Waals surface area contributed by atoms with Gasteiger partial charge < -0.3 is 219 Å². The van der Waals surface area contributed by atoms with Crippen LogP contribution in [-0.2, 0) is 90.1 Å². The van der Waals surface area contributed by atoms with Crippen LogP contribution in [0.25, 0.3) is 0 Å². The normalized spacial score (nSPS) is 51.9. The van der Waals surface area contributed by atoms with Crippen molar-refractivity contribution in [3.63, 3.8) is 0 Å². The molecule has 0 aromatic rings. The van der Waals surface area contributed by atoms with Crippen LogP contribution in [0.1, 0.15) is 27.7 Å². The van der Waals surface area contributed by atoms with Crippen molar-refractivity contribution in [3.05, 3.63) is 0 Å². The van der Waals surface area contributed by atoms with Crippen LogP contribution in [0.4, 0.5) is 0 Å². The smallest absolute Gasteiger partial charge is 0.217 e. The second kappa shape index (κ2) is 36.6. The molecule has 104 heavy (non-hydrogen) atoms. The molecule has 9 heterocycles. The molecule has 27 N–H and O–H groups in total. The first-order valence-electron chi connectivity index (χ1n) is 33.4. The zero-order valence-electron chi connectivity index (χ0n) is 55.9. The number of ether oxygens (including phenoxy) is 17. The Labute approximate surface area is 589 Å². The van der Waals surface area contributed by atoms with Crippen molar-refractivity contribution in [2.45, 2.75) is 304 Å². The summed E-state index contributed by atoms with van der Waals surface area (Å²) in [6.45, 7) is -2.86. The summed E-state index contributed by atoms with van der Waals surface area (Å²) in [6.07, 6.45) is -87.2. The van der Waals surface area contributed by atoms with Crippen LogP contribution >= 0.6 is 0 Å². The molecule has 1 unspecified atom stereocenters. The van der Waals surface area contributed by atoms with Crippen LogP contribution in [0.5, 0.6) is 0 Å². The first-order valence-corrected chi connectivity index (χ1v) is 33.4. The van der Waals surface area contributed by atoms with E-state index in [9.17, 15) is 137 Å². The fraction of sp³-hybridized carbons (Fsp3) is 0.966. The number of rotatable bonds is 25. The average molecular weight is 1530 g/mol. The summed E-state index contributed by atoms with van der Waals surface area (Å²) in [6, 6.07) is -3.66. The minimum Gasteiger partial charge on any atom is -0.394 e. The van der Waals surface area contributed by atoms with Gasteiger partial charge in [0.1, 0.15) is 207 Å². The maximum Gasteiger partial charge on any atom is 0.217 e. The van der Waals surface area contributed by atoms with E-state index in [1.165, 1.54) is 13.8 Å². The number of amides is 2. The molecule has 0 aromatic carbocycles. The maximum atomic E-state index is 13.1. The zero-order valence-corrected chi connectivity index (χ0v) is 55.9. The summed E-state index contributed by atoms with van der Waals surface area (Å²) in [5.74, 6) is -1.76. The Bertz CT molecular complexity index is 2680. The molecule has 0 saturated carbocycles. The van der Waals surface area contributed by atoms with Gasteiger partial charge in [-0.05, 0) is 13.8 Å². The molecule has 0 aliphatic carbocycles. The van der Waals surface area contributed by atoms with E-state index in [0.717, 1.165) is 13.8 Å². The van der Waals surface area contributed by atoms with Gasteiger partial charge in [0.2, 0.25) is 11.8 Å². The molecular formula is C58H98N2O44. The summed E-state index contributed by atoms with van der Waals surface area (Å²) in [7, 11) is 0. The summed E-state index contributed by atoms with van der Waals surface area (Å²) in [5, 5.41) is 281. The largest absolute Gasteiger partial charge is 0.394 e. The van der Waals surface area contributed by atoms with Gasteiger partial charge in [-0.15, -0.1) is 0 Å². The predicted molar refractivity (Wildman–Crippen MR) is 317 cm³/mol. The number of aliphatic hydroxyl groups is 25. The minimum atomic E-state index is -2.53. The fourth-order valence-corrected chi connectivity index (χ4v) is 13.4. The van der Waals surface area contributed by atoms with Crippen molar-refractivity contribution >= 4 is 11.8 Å². The summed E-state index contributed by atoms with van der Waals surface area (Å²) < 4.78 is 99.7. The van der Waals surface area contributed by atoms with Gasteiger partial charge in [-0.1, -0.05) is 0 Å². The SMILES string of the molecule is CC(=O)N[C@H]1[C@H](O[C@H]2[C@H](O)[C@@H](NC(C)=O)C(O)O[C@@H]2CO[C@@H]2O[C@@H](C)[C@@H](O)[C@@H](O)[C@@H]2O)O[C@H](CO)[C@@H](O[C@@H]2O[C@H](CO[C@H]3O[C@H](CO)[C@@H](O)[C@H](O)[C@@H]3O)[C@@H](O)[C@H](O[C@H]3O[C@H](CO)[C@@H](O)[C@H](O)[C@@H]3O[C@H]3O[C@H](CO)[C@@H](O)[C@H](O)[C@@H]3O[C@H]3O[C@H](CO)[C@@H](O)[C@H](O)[C@@H]3O[C@@H]3O[C@@H](C)[C@@H](O)[C@@H](O)[C@@H]3O)[C@@H]2O)[C@@H]1O. The second-order valence-electron chi connectivity index (χ2n) is 26.7. The molecule has 9 rings (SSSR count). The predicted octanol–water partition coefficient (Wildman–Crippen LogP) is -18.3. The van der Waals surface area contributed by atoms with Crippen LogP contribution in [0, 0.1) is 0 Å². The lowest BCUT2D eigenvalue weighted by molar-refractivity contribution is -0.413. The van der Waals surface area contributed by atoms with Crippen LogP contribution in [0.15, 0.2) is 0 Å². The van der Waals surface area contributed by atoms with E-state index in [0.29, 0.717) is 0 Å². The zero-order chi connectivity index (χ0) is 76.5. The third-order valence-electron chi connectivity index (χ3n) is 19.5. The molecule has 0 spiro atoms. The first-order chi connectivity index (χ1) is 49.1. The fourth-order valence-electron chi connectivity index (χ4n) is 13.4. The molecule has 46 nitrogen and oxygen atoms in total. The summed E-state index contributed by atoms with van der Waals surface area (Å²) in [4.78, 5) is 25.4. The molecule has 9 aliphatic rings. The van der Waals surface area contributed by atoms with Crippen molar-refractivity contribution in [2.24, 2.45) is 0 Å². The summed E-state index contributed by atoms with van der Waals surface area (Å²) in [5.41, 5.74) is 0. The van der Waals surface area contributed by atoms with Crippen LogP contribution in [0.2, 0.25) is 0 Å². The van der Waals surface area contributed by atoms with E-state index in [2.05, 4.69) is 10.6 Å². The molecule has 9 aliphatic heterocycles. The van der Waals surface area contributed by atoms with Gasteiger partial charge in [0.25, 0.3) is 0 Å². The van der Waals surface area contributed by atoms with Crippen LogP contribution in [-0.4, -0.2) is 462 Å². The van der Waals surface area contributed by atoms with Crippen molar-refractivity contribution < 1.29 is 218 Å². The maximum absolute atomic E-state index is 13.1. The van der Waals surface area contributed by atoms with E-state index >= 15 is 0 Å². The molecule has 9 saturated heterocycles. The quantitative estimate of drug-likeness (QED) is 0.0404. The Morgan fingerprint density at radius 2 is 0.577 bits per heavy atom. The topological polar surface area (TPSA) is 721 Å². The molecule has 2 amide bonds. The Balaban J connectivity index is 1.02. The number of carbonyl (C=O) groups excluding carboxylic acids is 2. The lowest BCUT2D eigenvalue weighted by atomic mass is 9.93. The molecule has 9 fully saturated rings. The number of hydrogen-bond acceptors (Lipinski definition) is 44. The Kier molecular flexibility index (Phi) is 30.0. The number of carbonyl (C=O) groups is 2. The minimum absolute atomic E-state index is 0.813. The van der Waals surface area contributed by atoms with Gasteiger partial charge >= 0.3 is 0 Å². The van der Waals surface area contributed by atoms with Gasteiger partial charge in [-0.25, -0.2) is 0 Å². The van der Waals surface area contributed by atoms with Crippen LogP contribution in [0.3, 0.4) is 0 Å². The van der Waals surface area contributed by atoms with Gasteiger partial charge in [0.15, 0.2) is 56.6 Å². The Morgan fingerprint density at radius 3 is 1.03 bits per heavy atom. The first kappa shape index (κ1) is 85.3. The Morgan fingerprint density at radius 1 is 0.269 bits per heavy atom. The van der Waals surface area contributed by atoms with E-state index in [-0.39, 0.29) is 0 Å². The third-order valence-corrected chi connectivity index (χ3v) is 19.5. The highest BCUT2D eigenvalue weighted by Crippen LogP contribution is 2.40. The summed E-state index contributed by atoms with van der Waals surface area (Å²) >= 11 is 0. The van der Waals surface area contributed by atoms with Gasteiger partial charge in [-0.3, -0.25) is 9.59 Å². The van der Waals surface area contributed by atoms with Gasteiger partial charge in [-0.2, -0.15) is 0 Å². The van der Waals surface area contributed by atoms with Crippen molar-refractivity contribution in [1.82, 2.24) is 10.6 Å². The lowest BCUT2D eigenvalue weighted by Gasteiger charge is -2.51. The number of hydrogen-bond donors (Lipinski definition) is 27. The monoisotopic (exact) mass is 1530 g/mol. The van der Waals surface area contributed by atoms with Gasteiger partial charge in [0, 0.05) is 13.8 Å². The molecule has 0 bridgehead atoms. The lowest BCUT2D eigenvalue weighted by Crippen LogP contribution is -2.70. The van der Waals surface area contributed by atoms with Gasteiger partial charge in [0.05, 0.1) is 58.5 Å². The number of aliphatic hydroxyl groups excluding tert-OH is 25. The second-order valence-corrected chi connectivity index (χ2v) is 26.7. The highest BCUT2D eigenvalue weighted by Gasteiger charge is 2.61. The highest BCUT2D eigenvalue weighted by atomic mass is 16.8. The van der Waals surface area contributed by atoms with Crippen molar-refractivity contribution in [1.29, 1.82) is 0 Å². The molecule has 0 aromatic heterocycles. The Hall–Kier alpha value is -2.74. The van der Waals surface area contributed by atoms with E-state index in [1.54, 1.807) is 0 Å². The van der Waals surface area contributed by atoms with E-state index in [4.69, 9.17) is 80.5 Å². The van der Waals surface area contributed by atoms with Crippen LogP contribution < -0.4 is 10.6 Å². The standard InChI is InChI=1S/C58H98N2O44/c1-12-25(68)34(77)40(83)52(90-12)89-11-22-45(32(75)23(50(87)92-22)59-14(3)66)99-51-24(60-15(4)67)33(76)44(20(9-65)97-51)100-55-43(86)46(31(74)21(98-55)10-88-53-41(84)36(79)27(70)16(5-61)93-53)101-56-48(38(81)29(72)17(6-62)94-56)103-58-49(39(82)30(73)19(8-64)96-58)104-57-47(37(80)28(71)18(7-63)95-57)102-54-42(85)35(78)26(69)13(2)91-54/h12-13,16-58,61-65,68-87H,5-11H2,1-4H3,(H,59,66)(H,60,67)/t12-,13-,16+,17+,18+,19+,20+,21+,22+,23+,24+,25+,26+,27+,28+,29+,30+,31+,32+,33+,34+,35+,36-,37-,38-,39-,40-,41-,42-,43-,44+,45+,46-,47-,48-,49-,50?,51-,52+,53-,54-,55-,56+,57+,58+/m0/s1. The average Bonchev–Trinajstić information content (AvgIpc) is 0.776. The highest BCUT2D eigenvalue weighted by molar-refractivity contribution is 5.73. The third kappa shape index (κ3) is 18.2. The molecular weight excluding hydrogens is 1430 g/mol. The molecule has 604 valence electrons. The van der Waals surface area contributed by atoms with Crippen molar-refractivity contribution in [2.75, 3.05) is 46.2 Å². The van der Waals surface area contributed by atoms with E-state index < -0.39 is 334 Å². The molecule has 46 heteroatoms. The molecule has 45 atom stereocenters.